The van der Waals surface area contributed by atoms with Crippen LogP contribution in [0.5, 0.6) is 0 Å². The number of carbonyl (C=O) groups is 1. The van der Waals surface area contributed by atoms with E-state index in [1.54, 1.807) is 24.3 Å². The SMILES string of the molecule is CS(=O)(=O)Nc1ccccc1NC(=O)CSc1ccccc1. The van der Waals surface area contributed by atoms with Gasteiger partial charge in [0.05, 0.1) is 23.4 Å². The van der Waals surface area contributed by atoms with Gasteiger partial charge in [-0.25, -0.2) is 8.42 Å². The number of hydrogen-bond acceptors (Lipinski definition) is 4. The van der Waals surface area contributed by atoms with Gasteiger partial charge in [-0.1, -0.05) is 30.3 Å². The van der Waals surface area contributed by atoms with Crippen molar-refractivity contribution in [1.29, 1.82) is 0 Å². The molecule has 0 aliphatic heterocycles. The Hall–Kier alpha value is -1.99. The third kappa shape index (κ3) is 5.42. The van der Waals surface area contributed by atoms with E-state index in [-0.39, 0.29) is 11.7 Å². The fourth-order valence-electron chi connectivity index (χ4n) is 1.73. The lowest BCUT2D eigenvalue weighted by molar-refractivity contribution is -0.113. The highest BCUT2D eigenvalue weighted by atomic mass is 32.2. The molecule has 0 fully saturated rings. The van der Waals surface area contributed by atoms with Gasteiger partial charge in [0.1, 0.15) is 0 Å². The summed E-state index contributed by atoms with van der Waals surface area (Å²) in [5.74, 6) is 0.0497. The molecule has 0 bridgehead atoms. The van der Waals surface area contributed by atoms with Gasteiger partial charge in [-0.15, -0.1) is 11.8 Å². The van der Waals surface area contributed by atoms with Crippen molar-refractivity contribution in [1.82, 2.24) is 0 Å². The molecule has 0 unspecified atom stereocenters. The molecule has 7 heteroatoms. The predicted molar refractivity (Wildman–Crippen MR) is 90.7 cm³/mol. The standard InChI is InChI=1S/C15H16N2O3S2/c1-22(19,20)17-14-10-6-5-9-13(14)16-15(18)11-21-12-7-3-2-4-8-12/h2-10,17H,11H2,1H3,(H,16,18). The number of amides is 1. The monoisotopic (exact) mass is 336 g/mol. The van der Waals surface area contributed by atoms with E-state index >= 15 is 0 Å². The summed E-state index contributed by atoms with van der Waals surface area (Å²) in [5, 5.41) is 2.72. The van der Waals surface area contributed by atoms with Gasteiger partial charge in [0.2, 0.25) is 15.9 Å². The highest BCUT2D eigenvalue weighted by Crippen LogP contribution is 2.23. The van der Waals surface area contributed by atoms with Gasteiger partial charge in [-0.3, -0.25) is 9.52 Å². The van der Waals surface area contributed by atoms with Crippen molar-refractivity contribution in [2.75, 3.05) is 22.0 Å². The summed E-state index contributed by atoms with van der Waals surface area (Å²) in [4.78, 5) is 13.0. The molecule has 1 amide bonds. The van der Waals surface area contributed by atoms with E-state index in [0.717, 1.165) is 11.2 Å². The molecule has 0 spiro atoms. The Labute approximate surface area is 134 Å². The minimum Gasteiger partial charge on any atom is -0.324 e. The lowest BCUT2D eigenvalue weighted by Gasteiger charge is -2.11. The molecule has 5 nitrogen and oxygen atoms in total. The first-order valence-electron chi connectivity index (χ1n) is 6.48. The summed E-state index contributed by atoms with van der Waals surface area (Å²) in [6, 6.07) is 16.3. The Morgan fingerprint density at radius 2 is 1.59 bits per heavy atom. The lowest BCUT2D eigenvalue weighted by Crippen LogP contribution is -2.17. The minimum absolute atomic E-state index is 0.198. The van der Waals surface area contributed by atoms with Gasteiger partial charge in [0.15, 0.2) is 0 Å². The highest BCUT2D eigenvalue weighted by molar-refractivity contribution is 8.00. The Balaban J connectivity index is 2.00. The largest absolute Gasteiger partial charge is 0.324 e. The molecule has 0 aromatic heterocycles. The molecule has 2 aromatic carbocycles. The van der Waals surface area contributed by atoms with Gasteiger partial charge in [0, 0.05) is 4.90 Å². The number of nitrogens with one attached hydrogen (secondary N) is 2. The number of benzene rings is 2. The van der Waals surface area contributed by atoms with Crippen LogP contribution in [0, 0.1) is 0 Å². The predicted octanol–water partition coefficient (Wildman–Crippen LogP) is 2.79. The normalized spacial score (nSPS) is 11.0. The highest BCUT2D eigenvalue weighted by Gasteiger charge is 2.10. The number of thioether (sulfide) groups is 1. The fourth-order valence-corrected chi connectivity index (χ4v) is 3.03. The van der Waals surface area contributed by atoms with Crippen molar-refractivity contribution in [3.05, 3.63) is 54.6 Å². The maximum absolute atomic E-state index is 12.0. The van der Waals surface area contributed by atoms with Crippen LogP contribution in [-0.2, 0) is 14.8 Å². The number of sulfonamides is 1. The van der Waals surface area contributed by atoms with Gasteiger partial charge in [-0.2, -0.15) is 0 Å². The number of para-hydroxylation sites is 2. The van der Waals surface area contributed by atoms with Crippen molar-refractivity contribution in [2.24, 2.45) is 0 Å². The number of anilines is 2. The molecular formula is C15H16N2O3S2. The van der Waals surface area contributed by atoms with E-state index in [0.29, 0.717) is 11.4 Å². The second-order valence-electron chi connectivity index (χ2n) is 4.57. The first-order valence-corrected chi connectivity index (χ1v) is 9.36. The van der Waals surface area contributed by atoms with Crippen LogP contribution >= 0.6 is 11.8 Å². The Morgan fingerprint density at radius 1 is 1.00 bits per heavy atom. The molecule has 0 saturated heterocycles. The molecule has 116 valence electrons. The van der Waals surface area contributed by atoms with Crippen molar-refractivity contribution in [2.45, 2.75) is 4.90 Å². The van der Waals surface area contributed by atoms with Crippen molar-refractivity contribution < 1.29 is 13.2 Å². The van der Waals surface area contributed by atoms with Crippen LogP contribution in [0.2, 0.25) is 0 Å². The molecule has 0 radical (unpaired) electrons. The Bertz CT molecular complexity index is 746. The average molecular weight is 336 g/mol. The van der Waals surface area contributed by atoms with Gasteiger partial charge >= 0.3 is 0 Å². The summed E-state index contributed by atoms with van der Waals surface area (Å²) >= 11 is 1.42. The lowest BCUT2D eigenvalue weighted by atomic mass is 10.3. The van der Waals surface area contributed by atoms with Crippen molar-refractivity contribution in [3.8, 4) is 0 Å². The van der Waals surface area contributed by atoms with E-state index in [1.807, 2.05) is 30.3 Å². The molecule has 2 N–H and O–H groups in total. The fraction of sp³-hybridized carbons (Fsp3) is 0.133. The second-order valence-corrected chi connectivity index (χ2v) is 7.37. The van der Waals surface area contributed by atoms with E-state index in [2.05, 4.69) is 10.0 Å². The summed E-state index contributed by atoms with van der Waals surface area (Å²) in [7, 11) is -3.40. The summed E-state index contributed by atoms with van der Waals surface area (Å²) in [5.41, 5.74) is 0.787. The van der Waals surface area contributed by atoms with Crippen LogP contribution in [0.25, 0.3) is 0 Å². The quantitative estimate of drug-likeness (QED) is 0.796. The topological polar surface area (TPSA) is 75.3 Å². The van der Waals surface area contributed by atoms with Crippen molar-refractivity contribution in [3.63, 3.8) is 0 Å². The maximum atomic E-state index is 12.0. The molecule has 2 aromatic rings. The zero-order valence-corrected chi connectivity index (χ0v) is 13.6. The maximum Gasteiger partial charge on any atom is 0.234 e. The molecule has 0 saturated carbocycles. The summed E-state index contributed by atoms with van der Waals surface area (Å²) < 4.78 is 25.0. The second kappa shape index (κ2) is 7.33. The van der Waals surface area contributed by atoms with E-state index in [1.165, 1.54) is 11.8 Å². The first kappa shape index (κ1) is 16.4. The van der Waals surface area contributed by atoms with Crippen LogP contribution in [0.4, 0.5) is 11.4 Å². The Morgan fingerprint density at radius 3 is 2.23 bits per heavy atom. The van der Waals surface area contributed by atoms with Gasteiger partial charge in [0.25, 0.3) is 0 Å². The van der Waals surface area contributed by atoms with Crippen molar-refractivity contribution >= 4 is 39.1 Å². The molecule has 0 aliphatic rings. The van der Waals surface area contributed by atoms with E-state index in [4.69, 9.17) is 0 Å². The van der Waals surface area contributed by atoms with Crippen LogP contribution < -0.4 is 10.0 Å². The minimum atomic E-state index is -3.40. The van der Waals surface area contributed by atoms with Crippen LogP contribution in [-0.4, -0.2) is 26.3 Å². The molecule has 22 heavy (non-hydrogen) atoms. The van der Waals surface area contributed by atoms with Gasteiger partial charge in [-0.05, 0) is 24.3 Å². The Kier molecular flexibility index (Phi) is 5.46. The zero-order chi connectivity index (χ0) is 16.0. The number of hydrogen-bond donors (Lipinski definition) is 2. The smallest absolute Gasteiger partial charge is 0.234 e. The zero-order valence-electron chi connectivity index (χ0n) is 11.9. The third-order valence-corrected chi connectivity index (χ3v) is 4.21. The first-order chi connectivity index (χ1) is 10.4. The molecule has 0 heterocycles. The third-order valence-electron chi connectivity index (χ3n) is 2.61. The molecule has 2 rings (SSSR count). The number of rotatable bonds is 6. The molecule has 0 atom stereocenters. The van der Waals surface area contributed by atoms with Crippen LogP contribution in [0.3, 0.4) is 0 Å². The van der Waals surface area contributed by atoms with Crippen LogP contribution in [0.15, 0.2) is 59.5 Å². The molecular weight excluding hydrogens is 320 g/mol. The molecule has 0 aliphatic carbocycles. The summed E-state index contributed by atoms with van der Waals surface area (Å²) in [6.07, 6.45) is 1.07. The van der Waals surface area contributed by atoms with Gasteiger partial charge < -0.3 is 5.32 Å². The van der Waals surface area contributed by atoms with Crippen LogP contribution in [0.1, 0.15) is 0 Å². The number of carbonyl (C=O) groups excluding carboxylic acids is 1. The average Bonchev–Trinajstić information content (AvgIpc) is 2.47. The van der Waals surface area contributed by atoms with E-state index < -0.39 is 10.0 Å². The summed E-state index contributed by atoms with van der Waals surface area (Å²) in [6.45, 7) is 0. The van der Waals surface area contributed by atoms with E-state index in [9.17, 15) is 13.2 Å².